The van der Waals surface area contributed by atoms with Crippen LogP contribution < -0.4 is 69.1 Å². The summed E-state index contributed by atoms with van der Waals surface area (Å²) in [5.74, 6) is 0. The van der Waals surface area contributed by atoms with E-state index < -0.39 is 38.8 Å². The quantitative estimate of drug-likeness (QED) is 0.0604. The van der Waals surface area contributed by atoms with Crippen LogP contribution >= 0.6 is 70.8 Å². The molecule has 18 aromatic rings. The molecule has 600 valence electrons. The predicted octanol–water partition coefficient (Wildman–Crippen LogP) is 22.6. The van der Waals surface area contributed by atoms with Gasteiger partial charge < -0.3 is 18.1 Å². The summed E-state index contributed by atoms with van der Waals surface area (Å²) in [6.45, 7) is 8.04. The number of hydrogen-bond acceptors (Lipinski definition) is 8. The molecule has 0 unspecified atom stereocenters. The van der Waals surface area contributed by atoms with Gasteiger partial charge in [-0.15, -0.1) is 0 Å². The predicted molar refractivity (Wildman–Crippen MR) is 516 cm³/mol. The SMILES string of the molecule is Brc1ccc2ncoc2c1.C.CC1(C)OB(c2cccnc2Cl)OC1(C)C.Clc1ncccc1-c1ccc2ncoc2c1.[Pd].c1ccc(P(c2ccccc2)c2ccccc2)cc1.c1ccc(P(c2ccccc2)c2ccccc2)cc1.c1ccc(P(c2ccccc2)c2ccccc2)cc1.c1ccc(P(c2ccccc2)c2ccccc2)cc1. The fraction of sp³-hybridized carbons (Fsp3) is 0.0680. The molecule has 1 aliphatic heterocycles. The van der Waals surface area contributed by atoms with Gasteiger partial charge in [0.05, 0.1) is 11.2 Å². The first-order chi connectivity index (χ1) is 57.8. The maximum atomic E-state index is 6.03. The van der Waals surface area contributed by atoms with Gasteiger partial charge in [-0.1, -0.05) is 423 Å². The fourth-order valence-corrected chi connectivity index (χ4v) is 22.7. The largest absolute Gasteiger partial charge is 0.498 e. The molecule has 1 fully saturated rings. The van der Waals surface area contributed by atoms with Crippen LogP contribution in [0.1, 0.15) is 35.1 Å². The van der Waals surface area contributed by atoms with Gasteiger partial charge in [-0.3, -0.25) is 0 Å². The van der Waals surface area contributed by atoms with Crippen LogP contribution in [0.5, 0.6) is 0 Å². The van der Waals surface area contributed by atoms with Crippen molar-refractivity contribution in [2.45, 2.75) is 46.3 Å². The molecule has 19 rings (SSSR count). The van der Waals surface area contributed by atoms with E-state index in [9.17, 15) is 0 Å². The first-order valence-corrected chi connectivity index (χ1v) is 45.5. The molecule has 0 atom stereocenters. The molecular formula is C103H90BBrCl2N4O4P4Pd. The van der Waals surface area contributed by atoms with Crippen LogP contribution in [0.3, 0.4) is 0 Å². The van der Waals surface area contributed by atoms with Crippen molar-refractivity contribution < 1.29 is 38.6 Å². The third-order valence-corrected chi connectivity index (χ3v) is 30.0. The zero-order valence-electron chi connectivity index (χ0n) is 66.0. The summed E-state index contributed by atoms with van der Waals surface area (Å²) in [4.78, 5) is 16.1. The van der Waals surface area contributed by atoms with E-state index >= 15 is 0 Å². The van der Waals surface area contributed by atoms with E-state index in [-0.39, 0.29) is 39.1 Å². The molecule has 1 aliphatic rings. The molecule has 0 spiro atoms. The van der Waals surface area contributed by atoms with Gasteiger partial charge in [-0.05, 0) is 177 Å². The molecule has 0 aliphatic carbocycles. The summed E-state index contributed by atoms with van der Waals surface area (Å²) in [5.41, 5.74) is 5.24. The maximum Gasteiger partial charge on any atom is 0.498 e. The zero-order chi connectivity index (χ0) is 81.6. The number of halogens is 3. The van der Waals surface area contributed by atoms with Gasteiger partial charge in [0, 0.05) is 48.3 Å². The smallest absolute Gasteiger partial charge is 0.443 e. The number of benzene rings is 14. The van der Waals surface area contributed by atoms with E-state index in [1.54, 1.807) is 12.4 Å². The third kappa shape index (κ3) is 25.2. The maximum absolute atomic E-state index is 6.03. The first kappa shape index (κ1) is 90.5. The summed E-state index contributed by atoms with van der Waals surface area (Å²) in [6, 6.07) is 148. The van der Waals surface area contributed by atoms with E-state index in [0.29, 0.717) is 10.3 Å². The molecule has 8 nitrogen and oxygen atoms in total. The Hall–Kier alpha value is -10.3. The second-order valence-electron chi connectivity index (χ2n) is 27.7. The van der Waals surface area contributed by atoms with Crippen LogP contribution in [-0.2, 0) is 29.7 Å². The van der Waals surface area contributed by atoms with Crippen LogP contribution in [0.15, 0.2) is 463 Å². The molecular weight excluding hydrogens is 1750 g/mol. The molecule has 5 heterocycles. The Morgan fingerprint density at radius 3 is 0.783 bits per heavy atom. The number of oxazole rings is 2. The minimum Gasteiger partial charge on any atom is -0.443 e. The van der Waals surface area contributed by atoms with E-state index in [1.807, 2.05) is 88.4 Å². The molecule has 1 saturated heterocycles. The molecule has 0 saturated carbocycles. The fourth-order valence-electron chi connectivity index (χ4n) is 12.7. The van der Waals surface area contributed by atoms with Gasteiger partial charge in [0.2, 0.25) is 0 Å². The summed E-state index contributed by atoms with van der Waals surface area (Å²) >= 11 is 15.4. The zero-order valence-corrected chi connectivity index (χ0v) is 74.2. The van der Waals surface area contributed by atoms with E-state index in [0.717, 1.165) is 43.3 Å². The summed E-state index contributed by atoms with van der Waals surface area (Å²) < 4.78 is 23.1. The number of pyridine rings is 2. The number of nitrogens with zero attached hydrogens (tertiary/aromatic N) is 4. The van der Waals surface area contributed by atoms with Crippen molar-refractivity contribution in [1.29, 1.82) is 0 Å². The molecule has 0 amide bonds. The second-order valence-corrected chi connectivity index (χ2v) is 38.2. The molecule has 0 bridgehead atoms. The van der Waals surface area contributed by atoms with Gasteiger partial charge in [-0.25, -0.2) is 19.9 Å². The van der Waals surface area contributed by atoms with Gasteiger partial charge in [0.1, 0.15) is 21.3 Å². The Morgan fingerprint density at radius 2 is 0.525 bits per heavy atom. The van der Waals surface area contributed by atoms with Gasteiger partial charge in [0.25, 0.3) is 0 Å². The van der Waals surface area contributed by atoms with Gasteiger partial charge in [0.15, 0.2) is 24.0 Å². The normalized spacial score (nSPS) is 12.0. The van der Waals surface area contributed by atoms with Crippen molar-refractivity contribution in [1.82, 2.24) is 19.9 Å². The number of fused-ring (bicyclic) bond motifs is 2. The third-order valence-electron chi connectivity index (χ3n) is 19.2. The number of aromatic nitrogens is 4. The van der Waals surface area contributed by atoms with Crippen LogP contribution in [-0.4, -0.2) is 38.3 Å². The minimum absolute atomic E-state index is 0. The second kappa shape index (κ2) is 46.5. The molecule has 0 N–H and O–H groups in total. The molecule has 14 aromatic carbocycles. The van der Waals surface area contributed by atoms with Crippen LogP contribution in [0.2, 0.25) is 10.3 Å². The van der Waals surface area contributed by atoms with Crippen molar-refractivity contribution in [2.24, 2.45) is 0 Å². The molecule has 0 radical (unpaired) electrons. The summed E-state index contributed by atoms with van der Waals surface area (Å²) in [7, 11) is -2.22. The van der Waals surface area contributed by atoms with Crippen molar-refractivity contribution in [2.75, 3.05) is 0 Å². The van der Waals surface area contributed by atoms with Gasteiger partial charge >= 0.3 is 7.12 Å². The van der Waals surface area contributed by atoms with E-state index in [2.05, 4.69) is 400 Å². The standard InChI is InChI=1S/4C18H15P.C12H7ClN2O.C11H15BClNO2.C7H4BrNO.CH4.Pd/c4*1-4-10-16(11-5-1)19(17-12-6-2-7-13-17)18-14-8-3-9-15-18;13-12-9(2-1-5-14-12)8-3-4-10-11(6-8)16-7-15-10;1-10(2)11(3,4)16-12(15-10)8-6-5-7-14-9(8)13;8-5-1-2-6-7(3-5)10-4-9-6;;/h4*1-15H;1-7H;5-7H,1-4H3;1-4H;1H4;. The monoisotopic (exact) mass is 1840 g/mol. The Balaban J connectivity index is 0.000000137. The Bertz CT molecular complexity index is 5110. The topological polar surface area (TPSA) is 96.3 Å². The van der Waals surface area contributed by atoms with Crippen molar-refractivity contribution in [3.8, 4) is 11.1 Å². The van der Waals surface area contributed by atoms with Crippen molar-refractivity contribution >= 4 is 169 Å². The Kier molecular flexibility index (Phi) is 35.1. The number of hydrogen-bond donors (Lipinski definition) is 0. The first-order valence-electron chi connectivity index (χ1n) is 38.5. The van der Waals surface area contributed by atoms with Crippen molar-refractivity contribution in [3.05, 3.63) is 465 Å². The molecule has 120 heavy (non-hydrogen) atoms. The Morgan fingerprint density at radius 1 is 0.283 bits per heavy atom. The van der Waals surface area contributed by atoms with Crippen LogP contribution in [0.25, 0.3) is 33.3 Å². The minimum atomic E-state index is -0.446. The molecule has 4 aromatic heterocycles. The summed E-state index contributed by atoms with van der Waals surface area (Å²) in [5, 5.41) is 17.7. The van der Waals surface area contributed by atoms with Crippen molar-refractivity contribution in [3.63, 3.8) is 0 Å². The van der Waals surface area contributed by atoms with E-state index in [4.69, 9.17) is 41.3 Å². The number of rotatable bonds is 14. The van der Waals surface area contributed by atoms with Gasteiger partial charge in [-0.2, -0.15) is 0 Å². The average molecular weight is 1840 g/mol. The average Bonchev–Trinajstić information content (AvgIpc) is 1.62. The van der Waals surface area contributed by atoms with E-state index in [1.165, 1.54) is 76.4 Å². The summed E-state index contributed by atoms with van der Waals surface area (Å²) in [6.07, 6.45) is 6.19. The van der Waals surface area contributed by atoms with Crippen LogP contribution in [0, 0.1) is 0 Å². The van der Waals surface area contributed by atoms with Crippen LogP contribution in [0.4, 0.5) is 0 Å². The Labute approximate surface area is 743 Å². The molecule has 17 heteroatoms.